The third-order valence-corrected chi connectivity index (χ3v) is 7.37. The second kappa shape index (κ2) is 7.97. The van der Waals surface area contributed by atoms with Gasteiger partial charge in [0.25, 0.3) is 0 Å². The van der Waals surface area contributed by atoms with E-state index in [0.29, 0.717) is 16.3 Å². The molecule has 2 amide bonds. The second-order valence-electron chi connectivity index (χ2n) is 6.84. The number of carbonyl (C=O) groups is 2. The van der Waals surface area contributed by atoms with Crippen LogP contribution in [0.1, 0.15) is 24.5 Å². The van der Waals surface area contributed by atoms with Crippen molar-refractivity contribution in [3.63, 3.8) is 0 Å². The van der Waals surface area contributed by atoms with Gasteiger partial charge in [-0.3, -0.25) is 9.59 Å². The Labute approximate surface area is 169 Å². The highest BCUT2D eigenvalue weighted by Crippen LogP contribution is 2.37. The molecule has 2 aromatic rings. The van der Waals surface area contributed by atoms with Gasteiger partial charge >= 0.3 is 0 Å². The molecule has 0 aromatic heterocycles. The first-order valence-corrected chi connectivity index (χ1v) is 11.4. The van der Waals surface area contributed by atoms with Crippen LogP contribution >= 0.6 is 11.8 Å². The lowest BCUT2D eigenvalue weighted by Crippen LogP contribution is -2.26. The van der Waals surface area contributed by atoms with Gasteiger partial charge in [0.05, 0.1) is 21.6 Å². The van der Waals surface area contributed by atoms with E-state index in [2.05, 4.69) is 10.6 Å². The average molecular weight is 419 g/mol. The van der Waals surface area contributed by atoms with Crippen LogP contribution in [0.25, 0.3) is 0 Å². The normalized spacial score (nSPS) is 16.2. The predicted octanol–water partition coefficient (Wildman–Crippen LogP) is 3.54. The molecule has 0 fully saturated rings. The van der Waals surface area contributed by atoms with Crippen molar-refractivity contribution in [2.45, 2.75) is 42.2 Å². The van der Waals surface area contributed by atoms with E-state index in [1.54, 1.807) is 19.1 Å². The maximum absolute atomic E-state index is 12.7. The molecule has 1 atom stereocenters. The highest BCUT2D eigenvalue weighted by atomic mass is 32.2. The lowest BCUT2D eigenvalue weighted by atomic mass is 10.1. The van der Waals surface area contributed by atoms with Gasteiger partial charge in [-0.05, 0) is 50.6 Å². The highest BCUT2D eigenvalue weighted by molar-refractivity contribution is 8.01. The summed E-state index contributed by atoms with van der Waals surface area (Å²) in [6, 6.07) is 10.3. The number of sulfone groups is 1. The molecule has 1 heterocycles. The number of nitrogens with one attached hydrogen (secondary N) is 2. The van der Waals surface area contributed by atoms with Gasteiger partial charge in [0, 0.05) is 17.0 Å². The summed E-state index contributed by atoms with van der Waals surface area (Å²) in [5, 5.41) is 5.24. The summed E-state index contributed by atoms with van der Waals surface area (Å²) < 4.78 is 25.3. The molecule has 1 aliphatic rings. The summed E-state index contributed by atoms with van der Waals surface area (Å²) in [7, 11) is -3.62. The van der Waals surface area contributed by atoms with Crippen LogP contribution in [0.3, 0.4) is 0 Å². The van der Waals surface area contributed by atoms with Crippen LogP contribution in [0.4, 0.5) is 11.4 Å². The molecule has 0 radical (unpaired) electrons. The van der Waals surface area contributed by atoms with E-state index in [4.69, 9.17) is 0 Å². The molecule has 8 heteroatoms. The summed E-state index contributed by atoms with van der Waals surface area (Å²) in [6.07, 6.45) is -0.132. The number of fused-ring (bicyclic) bond motifs is 1. The minimum absolute atomic E-state index is 0.101. The number of amides is 2. The quantitative estimate of drug-likeness (QED) is 0.775. The molecule has 1 aliphatic heterocycles. The Morgan fingerprint density at radius 2 is 1.93 bits per heavy atom. The van der Waals surface area contributed by atoms with Crippen LogP contribution < -0.4 is 10.6 Å². The summed E-state index contributed by atoms with van der Waals surface area (Å²) in [6.45, 7) is 5.62. The summed E-state index contributed by atoms with van der Waals surface area (Å²) >= 11 is 1.32. The minimum atomic E-state index is -3.62. The number of rotatable bonds is 5. The fourth-order valence-corrected chi connectivity index (χ4v) is 5.21. The molecule has 148 valence electrons. The van der Waals surface area contributed by atoms with E-state index >= 15 is 0 Å². The number of hydrogen-bond acceptors (Lipinski definition) is 5. The fraction of sp³-hybridized carbons (Fsp3) is 0.300. The molecule has 2 N–H and O–H groups in total. The Hall–Kier alpha value is -2.32. The lowest BCUT2D eigenvalue weighted by Gasteiger charge is -2.21. The lowest BCUT2D eigenvalue weighted by molar-refractivity contribution is -0.116. The first kappa shape index (κ1) is 20.4. The first-order chi connectivity index (χ1) is 13.2. The molecule has 0 bridgehead atoms. The third kappa shape index (κ3) is 4.56. The number of aryl methyl sites for hydroxylation is 2. The van der Waals surface area contributed by atoms with Crippen molar-refractivity contribution in [2.75, 3.05) is 16.4 Å². The van der Waals surface area contributed by atoms with Crippen molar-refractivity contribution in [1.82, 2.24) is 0 Å². The molecule has 6 nitrogen and oxygen atoms in total. The van der Waals surface area contributed by atoms with Crippen LogP contribution in [0, 0.1) is 13.8 Å². The van der Waals surface area contributed by atoms with Crippen molar-refractivity contribution in [3.8, 4) is 0 Å². The van der Waals surface area contributed by atoms with Gasteiger partial charge in [0.15, 0.2) is 9.84 Å². The Morgan fingerprint density at radius 3 is 2.64 bits per heavy atom. The van der Waals surface area contributed by atoms with Crippen LogP contribution in [0.5, 0.6) is 0 Å². The third-order valence-electron chi connectivity index (χ3n) is 4.50. The fourth-order valence-electron chi connectivity index (χ4n) is 2.89. The molecular weight excluding hydrogens is 396 g/mol. The largest absolute Gasteiger partial charge is 0.326 e. The van der Waals surface area contributed by atoms with Gasteiger partial charge in [0.2, 0.25) is 11.8 Å². The van der Waals surface area contributed by atoms with Crippen molar-refractivity contribution in [3.05, 3.63) is 47.5 Å². The number of hydrogen-bond donors (Lipinski definition) is 2. The standard InChI is InChI=1S/C20H22N2O4S2/c1-12-4-6-16(13(2)10-12)21-19(23)8-9-28(25,26)15-5-7-17-18(11-15)27-14(3)20(24)22-17/h4-7,10-11,14H,8-9H2,1-3H3,(H,21,23)(H,22,24). The van der Waals surface area contributed by atoms with Crippen molar-refractivity contribution >= 4 is 44.8 Å². The molecule has 0 saturated carbocycles. The zero-order chi connectivity index (χ0) is 20.5. The second-order valence-corrected chi connectivity index (χ2v) is 10.3. The maximum atomic E-state index is 12.7. The molecule has 1 unspecified atom stereocenters. The van der Waals surface area contributed by atoms with Gasteiger partial charge in [0.1, 0.15) is 0 Å². The summed E-state index contributed by atoms with van der Waals surface area (Å²) in [5.41, 5.74) is 3.32. The predicted molar refractivity (Wildman–Crippen MR) is 112 cm³/mol. The Bertz CT molecular complexity index is 1050. The van der Waals surface area contributed by atoms with Crippen molar-refractivity contribution in [2.24, 2.45) is 0 Å². The minimum Gasteiger partial charge on any atom is -0.326 e. The van der Waals surface area contributed by atoms with E-state index in [0.717, 1.165) is 11.1 Å². The van der Waals surface area contributed by atoms with Crippen molar-refractivity contribution < 1.29 is 18.0 Å². The van der Waals surface area contributed by atoms with Gasteiger partial charge in [-0.2, -0.15) is 0 Å². The van der Waals surface area contributed by atoms with E-state index in [1.165, 1.54) is 17.8 Å². The van der Waals surface area contributed by atoms with Gasteiger partial charge in [-0.15, -0.1) is 11.8 Å². The SMILES string of the molecule is Cc1ccc(NC(=O)CCS(=O)(=O)c2ccc3c(c2)SC(C)C(=O)N3)c(C)c1. The summed E-state index contributed by atoms with van der Waals surface area (Å²) in [5.74, 6) is -0.727. The smallest absolute Gasteiger partial charge is 0.237 e. The molecule has 0 aliphatic carbocycles. The van der Waals surface area contributed by atoms with Crippen molar-refractivity contribution in [1.29, 1.82) is 0 Å². The van der Waals surface area contributed by atoms with Crippen LogP contribution in [-0.4, -0.2) is 31.2 Å². The van der Waals surface area contributed by atoms with Crippen LogP contribution in [0.2, 0.25) is 0 Å². The Kier molecular flexibility index (Phi) is 5.81. The maximum Gasteiger partial charge on any atom is 0.237 e. The first-order valence-electron chi connectivity index (χ1n) is 8.87. The average Bonchev–Trinajstić information content (AvgIpc) is 2.63. The zero-order valence-corrected chi connectivity index (χ0v) is 17.5. The van der Waals surface area contributed by atoms with Crippen LogP contribution in [-0.2, 0) is 19.4 Å². The molecule has 0 spiro atoms. The molecule has 28 heavy (non-hydrogen) atoms. The Balaban J connectivity index is 1.68. The number of anilines is 2. The van der Waals surface area contributed by atoms with Gasteiger partial charge < -0.3 is 10.6 Å². The number of benzene rings is 2. The topological polar surface area (TPSA) is 92.3 Å². The number of thioether (sulfide) groups is 1. The number of carbonyl (C=O) groups excluding carboxylic acids is 2. The molecule has 3 rings (SSSR count). The van der Waals surface area contributed by atoms with E-state index < -0.39 is 9.84 Å². The molecular formula is C20H22N2O4S2. The highest BCUT2D eigenvalue weighted by Gasteiger charge is 2.25. The van der Waals surface area contributed by atoms with E-state index in [-0.39, 0.29) is 34.1 Å². The Morgan fingerprint density at radius 1 is 1.18 bits per heavy atom. The summed E-state index contributed by atoms with van der Waals surface area (Å²) in [4.78, 5) is 24.8. The van der Waals surface area contributed by atoms with Gasteiger partial charge in [-0.1, -0.05) is 17.7 Å². The van der Waals surface area contributed by atoms with Gasteiger partial charge in [-0.25, -0.2) is 8.42 Å². The molecule has 0 saturated heterocycles. The monoisotopic (exact) mass is 418 g/mol. The van der Waals surface area contributed by atoms with Crippen LogP contribution in [0.15, 0.2) is 46.2 Å². The van der Waals surface area contributed by atoms with E-state index in [9.17, 15) is 18.0 Å². The zero-order valence-electron chi connectivity index (χ0n) is 15.9. The molecule has 2 aromatic carbocycles. The van der Waals surface area contributed by atoms with E-state index in [1.807, 2.05) is 32.0 Å².